The second-order valence-electron chi connectivity index (χ2n) is 4.38. The highest BCUT2D eigenvalue weighted by molar-refractivity contribution is 7.99. The van der Waals surface area contributed by atoms with Gasteiger partial charge in [-0.3, -0.25) is 0 Å². The van der Waals surface area contributed by atoms with Crippen molar-refractivity contribution in [3.05, 3.63) is 60.2 Å². The Balaban J connectivity index is 1.86. The average molecular weight is 280 g/mol. The van der Waals surface area contributed by atoms with Crippen molar-refractivity contribution in [3.63, 3.8) is 0 Å². The van der Waals surface area contributed by atoms with Gasteiger partial charge in [0, 0.05) is 30.0 Å². The zero-order valence-corrected chi connectivity index (χ0v) is 11.7. The highest BCUT2D eigenvalue weighted by Gasteiger charge is 2.12. The second kappa shape index (κ2) is 5.35. The maximum Gasteiger partial charge on any atom is 0.169 e. The van der Waals surface area contributed by atoms with Crippen LogP contribution in [-0.2, 0) is 0 Å². The van der Waals surface area contributed by atoms with Crippen LogP contribution in [0.15, 0.2) is 54.1 Å². The smallest absolute Gasteiger partial charge is 0.169 e. The fourth-order valence-electron chi connectivity index (χ4n) is 1.98. The van der Waals surface area contributed by atoms with Crippen molar-refractivity contribution in [1.82, 2.24) is 14.4 Å². The van der Waals surface area contributed by atoms with Gasteiger partial charge in [0.1, 0.15) is 5.03 Å². The van der Waals surface area contributed by atoms with Crippen LogP contribution in [0.5, 0.6) is 0 Å². The fraction of sp³-hybridized carbons (Fsp3) is 0.133. The summed E-state index contributed by atoms with van der Waals surface area (Å²) in [4.78, 5) is 8.73. The summed E-state index contributed by atoms with van der Waals surface area (Å²) in [5.74, 6) is 0. The Bertz CT molecular complexity index is 770. The van der Waals surface area contributed by atoms with Crippen LogP contribution in [0.25, 0.3) is 5.65 Å². The summed E-state index contributed by atoms with van der Waals surface area (Å²) in [6, 6.07) is 9.79. The normalized spacial score (nSPS) is 12.2. The number of imidazole rings is 1. The van der Waals surface area contributed by atoms with Gasteiger partial charge in [-0.25, -0.2) is 9.97 Å². The molecule has 0 aliphatic rings. The number of hydrogen-bond donors (Lipinski definition) is 0. The first kappa shape index (κ1) is 12.7. The summed E-state index contributed by atoms with van der Waals surface area (Å²) in [5, 5.41) is 9.98. The molecule has 3 rings (SSSR count). The molecule has 0 fully saturated rings. The van der Waals surface area contributed by atoms with E-state index in [0.717, 1.165) is 10.7 Å². The van der Waals surface area contributed by atoms with Crippen molar-refractivity contribution < 1.29 is 0 Å². The van der Waals surface area contributed by atoms with Crippen LogP contribution in [0.1, 0.15) is 23.3 Å². The SMILES string of the molecule is C[C@H](Sc1nccn2ccnc12)c1ccc(C#N)cc1. The van der Waals surface area contributed by atoms with E-state index in [1.807, 2.05) is 41.1 Å². The van der Waals surface area contributed by atoms with Gasteiger partial charge in [-0.1, -0.05) is 23.9 Å². The highest BCUT2D eigenvalue weighted by Crippen LogP contribution is 2.35. The van der Waals surface area contributed by atoms with Gasteiger partial charge in [0.25, 0.3) is 0 Å². The molecule has 1 atom stereocenters. The molecular weight excluding hydrogens is 268 g/mol. The van der Waals surface area contributed by atoms with Crippen molar-refractivity contribution in [3.8, 4) is 6.07 Å². The van der Waals surface area contributed by atoms with Crippen molar-refractivity contribution in [1.29, 1.82) is 5.26 Å². The molecule has 4 nitrogen and oxygen atoms in total. The summed E-state index contributed by atoms with van der Waals surface area (Å²) >= 11 is 1.67. The Hall–Kier alpha value is -2.32. The van der Waals surface area contributed by atoms with Crippen molar-refractivity contribution >= 4 is 17.4 Å². The Morgan fingerprint density at radius 2 is 1.85 bits per heavy atom. The van der Waals surface area contributed by atoms with Gasteiger partial charge >= 0.3 is 0 Å². The minimum absolute atomic E-state index is 0.248. The number of nitrogens with zero attached hydrogens (tertiary/aromatic N) is 4. The van der Waals surface area contributed by atoms with Gasteiger partial charge in [0.15, 0.2) is 5.65 Å². The zero-order valence-electron chi connectivity index (χ0n) is 10.9. The lowest BCUT2D eigenvalue weighted by Gasteiger charge is -2.11. The zero-order chi connectivity index (χ0) is 13.9. The number of thioether (sulfide) groups is 1. The fourth-order valence-corrected chi connectivity index (χ4v) is 2.99. The summed E-state index contributed by atoms with van der Waals surface area (Å²) in [6.07, 6.45) is 7.35. The van der Waals surface area contributed by atoms with Crippen molar-refractivity contribution in [2.75, 3.05) is 0 Å². The lowest BCUT2D eigenvalue weighted by Crippen LogP contribution is -1.93. The summed E-state index contributed by atoms with van der Waals surface area (Å²) < 4.78 is 1.96. The van der Waals surface area contributed by atoms with Crippen LogP contribution in [-0.4, -0.2) is 14.4 Å². The molecule has 0 bridgehead atoms. The molecule has 98 valence electrons. The van der Waals surface area contributed by atoms with Crippen LogP contribution < -0.4 is 0 Å². The minimum Gasteiger partial charge on any atom is -0.303 e. The van der Waals surface area contributed by atoms with Gasteiger partial charge < -0.3 is 4.40 Å². The second-order valence-corrected chi connectivity index (χ2v) is 5.71. The van der Waals surface area contributed by atoms with E-state index in [4.69, 9.17) is 5.26 Å². The van der Waals surface area contributed by atoms with E-state index in [1.165, 1.54) is 5.56 Å². The van der Waals surface area contributed by atoms with Crippen LogP contribution in [0, 0.1) is 11.3 Å². The molecule has 0 amide bonds. The summed E-state index contributed by atoms with van der Waals surface area (Å²) in [7, 11) is 0. The number of rotatable bonds is 3. The van der Waals surface area contributed by atoms with Crippen LogP contribution in [0.3, 0.4) is 0 Å². The summed E-state index contributed by atoms with van der Waals surface area (Å²) in [6.45, 7) is 2.13. The number of fused-ring (bicyclic) bond motifs is 1. The third-order valence-corrected chi connectivity index (χ3v) is 4.21. The molecule has 0 unspecified atom stereocenters. The van der Waals surface area contributed by atoms with Gasteiger partial charge in [-0.2, -0.15) is 5.26 Å². The number of hydrogen-bond acceptors (Lipinski definition) is 4. The third kappa shape index (κ3) is 2.38. The number of nitriles is 1. The molecule has 5 heteroatoms. The molecular formula is C15H12N4S. The third-order valence-electron chi connectivity index (χ3n) is 3.08. The monoisotopic (exact) mass is 280 g/mol. The Morgan fingerprint density at radius 3 is 2.55 bits per heavy atom. The first-order chi connectivity index (χ1) is 9.78. The quantitative estimate of drug-likeness (QED) is 0.689. The minimum atomic E-state index is 0.248. The van der Waals surface area contributed by atoms with Gasteiger partial charge in [0.05, 0.1) is 11.6 Å². The Kier molecular flexibility index (Phi) is 3.40. The van der Waals surface area contributed by atoms with Gasteiger partial charge in [0.2, 0.25) is 0 Å². The first-order valence-corrected chi connectivity index (χ1v) is 7.10. The van der Waals surface area contributed by atoms with E-state index in [9.17, 15) is 0 Å². The standard InChI is InChI=1S/C15H12N4S/c1-11(13-4-2-12(10-16)3-5-13)20-15-14-17-6-8-19(14)9-7-18-15/h2-9,11H,1H3/t11-/m0/s1. The predicted molar refractivity (Wildman–Crippen MR) is 78.4 cm³/mol. The van der Waals surface area contributed by atoms with E-state index >= 15 is 0 Å². The van der Waals surface area contributed by atoms with Crippen molar-refractivity contribution in [2.24, 2.45) is 0 Å². The van der Waals surface area contributed by atoms with E-state index < -0.39 is 0 Å². The lowest BCUT2D eigenvalue weighted by atomic mass is 10.1. The maximum atomic E-state index is 8.82. The van der Waals surface area contributed by atoms with E-state index in [2.05, 4.69) is 23.0 Å². The Morgan fingerprint density at radius 1 is 1.15 bits per heavy atom. The van der Waals surface area contributed by atoms with Crippen LogP contribution in [0.4, 0.5) is 0 Å². The van der Waals surface area contributed by atoms with Crippen LogP contribution >= 0.6 is 11.8 Å². The van der Waals surface area contributed by atoms with Crippen LogP contribution in [0.2, 0.25) is 0 Å². The molecule has 3 aromatic rings. The Labute approximate surface area is 121 Å². The largest absolute Gasteiger partial charge is 0.303 e. The highest BCUT2D eigenvalue weighted by atomic mass is 32.2. The van der Waals surface area contributed by atoms with E-state index in [1.54, 1.807) is 24.2 Å². The molecule has 0 aliphatic heterocycles. The molecule has 2 heterocycles. The lowest BCUT2D eigenvalue weighted by molar-refractivity contribution is 1.01. The van der Waals surface area contributed by atoms with Gasteiger partial charge in [-0.05, 0) is 24.6 Å². The van der Waals surface area contributed by atoms with Gasteiger partial charge in [-0.15, -0.1) is 0 Å². The number of benzene rings is 1. The van der Waals surface area contributed by atoms with E-state index in [0.29, 0.717) is 5.56 Å². The molecule has 0 N–H and O–H groups in total. The topological polar surface area (TPSA) is 54.0 Å². The molecule has 0 radical (unpaired) electrons. The molecule has 2 aromatic heterocycles. The average Bonchev–Trinajstić information content (AvgIpc) is 2.97. The van der Waals surface area contributed by atoms with E-state index in [-0.39, 0.29) is 5.25 Å². The number of aromatic nitrogens is 3. The molecule has 0 aliphatic carbocycles. The molecule has 0 saturated carbocycles. The maximum absolute atomic E-state index is 8.82. The predicted octanol–water partition coefficient (Wildman–Crippen LogP) is 3.45. The summed E-state index contributed by atoms with van der Waals surface area (Å²) in [5.41, 5.74) is 2.72. The molecule has 0 saturated heterocycles. The molecule has 20 heavy (non-hydrogen) atoms. The molecule has 0 spiro atoms. The molecule has 1 aromatic carbocycles. The van der Waals surface area contributed by atoms with Crippen molar-refractivity contribution in [2.45, 2.75) is 17.2 Å². The first-order valence-electron chi connectivity index (χ1n) is 6.22.